The largest absolute Gasteiger partial charge is 0.383 e. The number of hydrogen-bond acceptors (Lipinski definition) is 4. The number of pyridine rings is 1. The van der Waals surface area contributed by atoms with Gasteiger partial charge in [-0.15, -0.1) is 0 Å². The number of hydrogen-bond donors (Lipinski definition) is 1. The van der Waals surface area contributed by atoms with E-state index in [9.17, 15) is 0 Å². The van der Waals surface area contributed by atoms with E-state index in [0.717, 1.165) is 60.9 Å². The highest BCUT2D eigenvalue weighted by atomic mass is 35.5. The van der Waals surface area contributed by atoms with Crippen molar-refractivity contribution in [2.45, 2.75) is 6.04 Å². The molecular formula is C30H29ClN4. The molecule has 3 aromatic carbocycles. The highest BCUT2D eigenvalue weighted by molar-refractivity contribution is 6.31. The molecule has 1 aliphatic carbocycles. The van der Waals surface area contributed by atoms with Crippen LogP contribution in [0.2, 0.25) is 5.02 Å². The van der Waals surface area contributed by atoms with Gasteiger partial charge in [-0.2, -0.15) is 0 Å². The summed E-state index contributed by atoms with van der Waals surface area (Å²) in [6.07, 6.45) is 6.39. The Balaban J connectivity index is 1.12. The van der Waals surface area contributed by atoms with Crippen LogP contribution < -0.4 is 5.32 Å². The van der Waals surface area contributed by atoms with Gasteiger partial charge in [0.2, 0.25) is 0 Å². The Morgan fingerprint density at radius 1 is 0.829 bits per heavy atom. The number of fused-ring (bicyclic) bond motifs is 3. The normalized spacial score (nSPS) is 16.6. The molecular weight excluding hydrogens is 452 g/mol. The van der Waals surface area contributed by atoms with Gasteiger partial charge in [0, 0.05) is 61.6 Å². The summed E-state index contributed by atoms with van der Waals surface area (Å²) >= 11 is 6.14. The number of rotatable bonds is 5. The summed E-state index contributed by atoms with van der Waals surface area (Å²) in [7, 11) is 0. The van der Waals surface area contributed by atoms with E-state index in [1.165, 1.54) is 22.3 Å². The summed E-state index contributed by atoms with van der Waals surface area (Å²) in [6.45, 7) is 6.19. The van der Waals surface area contributed by atoms with Gasteiger partial charge in [0.25, 0.3) is 0 Å². The zero-order chi connectivity index (χ0) is 23.6. The second kappa shape index (κ2) is 9.82. The van der Waals surface area contributed by atoms with Crippen molar-refractivity contribution in [3.63, 3.8) is 0 Å². The Labute approximate surface area is 211 Å². The molecule has 1 N–H and O–H groups in total. The molecule has 4 nitrogen and oxygen atoms in total. The molecule has 1 saturated heterocycles. The number of nitrogens with zero attached hydrogens (tertiary/aromatic N) is 3. The van der Waals surface area contributed by atoms with Crippen LogP contribution in [-0.2, 0) is 0 Å². The van der Waals surface area contributed by atoms with Gasteiger partial charge in [-0.25, -0.2) is 0 Å². The fraction of sp³-hybridized carbons (Fsp3) is 0.233. The van der Waals surface area contributed by atoms with Crippen molar-refractivity contribution < 1.29 is 0 Å². The first kappa shape index (κ1) is 22.3. The first-order chi connectivity index (χ1) is 17.3. The Kier molecular flexibility index (Phi) is 6.26. The van der Waals surface area contributed by atoms with Crippen LogP contribution in [0.1, 0.15) is 28.3 Å². The lowest BCUT2D eigenvalue weighted by molar-refractivity contribution is 0.112. The van der Waals surface area contributed by atoms with Gasteiger partial charge in [0.15, 0.2) is 0 Å². The first-order valence-corrected chi connectivity index (χ1v) is 12.7. The van der Waals surface area contributed by atoms with Crippen molar-refractivity contribution in [3.8, 4) is 0 Å². The van der Waals surface area contributed by atoms with Crippen LogP contribution in [0, 0.1) is 0 Å². The third-order valence-electron chi connectivity index (χ3n) is 7.24. The maximum absolute atomic E-state index is 6.14. The number of benzene rings is 3. The van der Waals surface area contributed by atoms with Gasteiger partial charge in [-0.1, -0.05) is 72.3 Å². The molecule has 2 aliphatic rings. The molecule has 0 unspecified atom stereocenters. The van der Waals surface area contributed by atoms with Crippen LogP contribution in [0.4, 0.5) is 5.69 Å². The fourth-order valence-electron chi connectivity index (χ4n) is 5.43. The highest BCUT2D eigenvalue weighted by Gasteiger charge is 2.29. The SMILES string of the molecule is Clc1ccc2c(NCCN3CCN(C4c5ccccc5C=Cc5ccccc54)CC3)ccnc2c1. The summed E-state index contributed by atoms with van der Waals surface area (Å²) in [5.41, 5.74) is 7.51. The minimum Gasteiger partial charge on any atom is -0.383 e. The topological polar surface area (TPSA) is 31.4 Å². The van der Waals surface area contributed by atoms with E-state index >= 15 is 0 Å². The molecule has 0 amide bonds. The van der Waals surface area contributed by atoms with Crippen molar-refractivity contribution in [3.05, 3.63) is 106 Å². The van der Waals surface area contributed by atoms with E-state index in [4.69, 9.17) is 11.6 Å². The molecule has 0 spiro atoms. The molecule has 5 heteroatoms. The number of aromatic nitrogens is 1. The van der Waals surface area contributed by atoms with Crippen LogP contribution in [0.25, 0.3) is 23.1 Å². The lowest BCUT2D eigenvalue weighted by Crippen LogP contribution is -2.49. The minimum absolute atomic E-state index is 0.299. The molecule has 0 atom stereocenters. The average Bonchev–Trinajstić information content (AvgIpc) is 3.06. The third kappa shape index (κ3) is 4.57. The molecule has 35 heavy (non-hydrogen) atoms. The highest BCUT2D eigenvalue weighted by Crippen LogP contribution is 2.37. The van der Waals surface area contributed by atoms with Crippen LogP contribution in [0.3, 0.4) is 0 Å². The predicted molar refractivity (Wildman–Crippen MR) is 147 cm³/mol. The molecule has 4 aromatic rings. The molecule has 0 radical (unpaired) electrons. The van der Waals surface area contributed by atoms with Crippen LogP contribution in [-0.4, -0.2) is 54.1 Å². The molecule has 0 saturated carbocycles. The lowest BCUT2D eigenvalue weighted by Gasteiger charge is -2.40. The molecule has 6 rings (SSSR count). The molecule has 1 fully saturated rings. The number of anilines is 1. The quantitative estimate of drug-likeness (QED) is 0.369. The number of nitrogens with one attached hydrogen (secondary N) is 1. The molecule has 1 aliphatic heterocycles. The Bertz CT molecular complexity index is 1320. The second-order valence-corrected chi connectivity index (χ2v) is 9.75. The van der Waals surface area contributed by atoms with Crippen LogP contribution >= 0.6 is 11.6 Å². The summed E-state index contributed by atoms with van der Waals surface area (Å²) in [4.78, 5) is 9.67. The smallest absolute Gasteiger partial charge is 0.0737 e. The van der Waals surface area contributed by atoms with Crippen molar-refractivity contribution in [1.29, 1.82) is 0 Å². The van der Waals surface area contributed by atoms with Gasteiger partial charge >= 0.3 is 0 Å². The molecule has 0 bridgehead atoms. The Morgan fingerprint density at radius 2 is 1.51 bits per heavy atom. The van der Waals surface area contributed by atoms with Crippen molar-refractivity contribution in [2.24, 2.45) is 0 Å². The first-order valence-electron chi connectivity index (χ1n) is 12.4. The minimum atomic E-state index is 0.299. The maximum atomic E-state index is 6.14. The lowest BCUT2D eigenvalue weighted by atomic mass is 9.92. The standard InChI is InChI=1S/C30H29ClN4/c31-24-11-12-27-28(13-14-32-29(27)21-24)33-15-16-34-17-19-35(20-18-34)30-25-7-3-1-5-22(25)9-10-23-6-2-4-8-26(23)30/h1-14,21,30H,15-20H2,(H,32,33). The third-order valence-corrected chi connectivity index (χ3v) is 7.48. The van der Waals surface area contributed by atoms with E-state index in [-0.39, 0.29) is 0 Å². The van der Waals surface area contributed by atoms with Gasteiger partial charge in [0.05, 0.1) is 11.6 Å². The van der Waals surface area contributed by atoms with E-state index in [1.54, 1.807) is 0 Å². The predicted octanol–water partition coefficient (Wildman–Crippen LogP) is 6.19. The number of piperazine rings is 1. The summed E-state index contributed by atoms with van der Waals surface area (Å²) in [5.74, 6) is 0. The zero-order valence-electron chi connectivity index (χ0n) is 19.7. The second-order valence-electron chi connectivity index (χ2n) is 9.32. The monoisotopic (exact) mass is 480 g/mol. The van der Waals surface area contributed by atoms with Crippen molar-refractivity contribution in [1.82, 2.24) is 14.8 Å². The summed E-state index contributed by atoms with van der Waals surface area (Å²) in [5, 5.41) is 5.45. The van der Waals surface area contributed by atoms with Crippen LogP contribution in [0.5, 0.6) is 0 Å². The molecule has 2 heterocycles. The Hall–Kier alpha value is -3.18. The van der Waals surface area contributed by atoms with E-state index < -0.39 is 0 Å². The maximum Gasteiger partial charge on any atom is 0.0737 e. The van der Waals surface area contributed by atoms with E-state index in [1.807, 2.05) is 30.5 Å². The summed E-state index contributed by atoms with van der Waals surface area (Å²) in [6, 6.07) is 25.9. The fourth-order valence-corrected chi connectivity index (χ4v) is 5.60. The molecule has 176 valence electrons. The molecule has 1 aromatic heterocycles. The van der Waals surface area contributed by atoms with Crippen molar-refractivity contribution >= 4 is 40.3 Å². The van der Waals surface area contributed by atoms with Gasteiger partial charge < -0.3 is 5.32 Å². The zero-order valence-corrected chi connectivity index (χ0v) is 20.5. The van der Waals surface area contributed by atoms with Gasteiger partial charge in [-0.05, 0) is 46.5 Å². The number of halogens is 1. The van der Waals surface area contributed by atoms with E-state index in [2.05, 4.69) is 80.8 Å². The summed E-state index contributed by atoms with van der Waals surface area (Å²) < 4.78 is 0. The van der Waals surface area contributed by atoms with Gasteiger partial charge in [-0.3, -0.25) is 14.8 Å². The Morgan fingerprint density at radius 3 is 2.23 bits per heavy atom. The van der Waals surface area contributed by atoms with E-state index in [0.29, 0.717) is 6.04 Å². The van der Waals surface area contributed by atoms with Crippen molar-refractivity contribution in [2.75, 3.05) is 44.6 Å². The average molecular weight is 481 g/mol. The van der Waals surface area contributed by atoms with Crippen LogP contribution in [0.15, 0.2) is 79.0 Å². The van der Waals surface area contributed by atoms with Gasteiger partial charge in [0.1, 0.15) is 0 Å².